The maximum atomic E-state index is 13.2. The number of rotatable bonds is 4. The van der Waals surface area contributed by atoms with Crippen molar-refractivity contribution in [3.05, 3.63) is 46.9 Å². The summed E-state index contributed by atoms with van der Waals surface area (Å²) in [5.74, 6) is 0.640. The van der Waals surface area contributed by atoms with E-state index < -0.39 is 11.5 Å². The highest BCUT2D eigenvalue weighted by Crippen LogP contribution is 2.36. The minimum atomic E-state index is -0.754. The lowest BCUT2D eigenvalue weighted by molar-refractivity contribution is -0.0293. The summed E-state index contributed by atoms with van der Waals surface area (Å²) in [6.07, 6.45) is 0.291. The van der Waals surface area contributed by atoms with Crippen molar-refractivity contribution in [2.45, 2.75) is 32.8 Å². The summed E-state index contributed by atoms with van der Waals surface area (Å²) in [6, 6.07) is 6.17. The van der Waals surface area contributed by atoms with Gasteiger partial charge in [0.2, 0.25) is 5.95 Å². The Kier molecular flexibility index (Phi) is 5.11. The van der Waals surface area contributed by atoms with E-state index in [-0.39, 0.29) is 18.4 Å². The Morgan fingerprint density at radius 3 is 2.62 bits per heavy atom. The highest BCUT2D eigenvalue weighted by molar-refractivity contribution is 5.51. The minimum absolute atomic E-state index is 0.180. The Bertz CT molecular complexity index is 784. The molecule has 1 aliphatic rings. The lowest BCUT2D eigenvalue weighted by Gasteiger charge is -2.46. The van der Waals surface area contributed by atoms with Gasteiger partial charge in [-0.1, -0.05) is 12.1 Å². The van der Waals surface area contributed by atoms with E-state index in [1.54, 1.807) is 12.1 Å². The summed E-state index contributed by atoms with van der Waals surface area (Å²) < 4.78 is 13.2. The number of aryl methyl sites for hydroxylation is 1. The average Bonchev–Trinajstić information content (AvgIpc) is 2.62. The molecule has 1 fully saturated rings. The monoisotopic (exact) mass is 360 g/mol. The molecule has 26 heavy (non-hydrogen) atoms. The molecule has 0 spiro atoms. The first-order valence-corrected chi connectivity index (χ1v) is 8.74. The summed E-state index contributed by atoms with van der Waals surface area (Å²) in [4.78, 5) is 10.6. The number of hydrogen-bond donors (Lipinski definition) is 3. The third-order valence-corrected chi connectivity index (χ3v) is 5.35. The fourth-order valence-corrected chi connectivity index (χ4v) is 3.67. The van der Waals surface area contributed by atoms with Gasteiger partial charge in [0.05, 0.1) is 12.7 Å². The summed E-state index contributed by atoms with van der Waals surface area (Å²) in [6.45, 7) is 4.69. The Morgan fingerprint density at radius 2 is 1.96 bits per heavy atom. The van der Waals surface area contributed by atoms with E-state index in [4.69, 9.17) is 5.73 Å². The van der Waals surface area contributed by atoms with Crippen molar-refractivity contribution in [3.8, 4) is 0 Å². The van der Waals surface area contributed by atoms with Crippen LogP contribution in [0, 0.1) is 25.1 Å². The van der Waals surface area contributed by atoms with Crippen LogP contribution in [0.1, 0.15) is 23.2 Å². The second-order valence-corrected chi connectivity index (χ2v) is 7.17. The number of aliphatic hydroxyl groups is 2. The Morgan fingerprint density at radius 1 is 1.27 bits per heavy atom. The number of nitrogen functional groups attached to an aromatic ring is 1. The molecule has 1 saturated heterocycles. The van der Waals surface area contributed by atoms with Crippen LogP contribution in [0.15, 0.2) is 24.3 Å². The van der Waals surface area contributed by atoms with Crippen LogP contribution in [-0.4, -0.2) is 46.0 Å². The van der Waals surface area contributed by atoms with Gasteiger partial charge in [0, 0.05) is 29.8 Å². The van der Waals surface area contributed by atoms with E-state index >= 15 is 0 Å². The predicted molar refractivity (Wildman–Crippen MR) is 98.4 cm³/mol. The first-order valence-electron chi connectivity index (χ1n) is 8.74. The topological polar surface area (TPSA) is 95.5 Å². The summed E-state index contributed by atoms with van der Waals surface area (Å²) in [5.41, 5.74) is 7.68. The fraction of sp³-hybridized carbons (Fsp3) is 0.474. The molecule has 2 heterocycles. The van der Waals surface area contributed by atoms with E-state index in [0.717, 1.165) is 22.6 Å². The van der Waals surface area contributed by atoms with Crippen LogP contribution in [0.5, 0.6) is 0 Å². The molecule has 1 aliphatic heterocycles. The second kappa shape index (κ2) is 7.17. The fourth-order valence-electron chi connectivity index (χ4n) is 3.67. The van der Waals surface area contributed by atoms with Crippen molar-refractivity contribution in [2.24, 2.45) is 5.41 Å². The Balaban J connectivity index is 1.92. The van der Waals surface area contributed by atoms with Crippen molar-refractivity contribution >= 4 is 11.8 Å². The molecular formula is C19H25FN4O2. The molecule has 0 unspecified atom stereocenters. The lowest BCUT2D eigenvalue weighted by atomic mass is 9.73. The zero-order valence-electron chi connectivity index (χ0n) is 15.1. The zero-order chi connectivity index (χ0) is 18.9. The number of nitrogens with zero attached hydrogens (tertiary/aromatic N) is 3. The van der Waals surface area contributed by atoms with Gasteiger partial charge in [-0.25, -0.2) is 9.37 Å². The molecule has 0 aliphatic carbocycles. The average molecular weight is 360 g/mol. The van der Waals surface area contributed by atoms with E-state index in [0.29, 0.717) is 25.9 Å². The largest absolute Gasteiger partial charge is 0.396 e. The normalized spacial score (nSPS) is 23.3. The first kappa shape index (κ1) is 18.5. The molecular weight excluding hydrogens is 335 g/mol. The number of piperidine rings is 1. The Hall–Kier alpha value is -2.25. The minimum Gasteiger partial charge on any atom is -0.396 e. The maximum Gasteiger partial charge on any atom is 0.222 e. The van der Waals surface area contributed by atoms with Crippen molar-refractivity contribution in [3.63, 3.8) is 0 Å². The molecule has 0 saturated carbocycles. The first-order chi connectivity index (χ1) is 12.3. The molecule has 2 aromatic rings. The quantitative estimate of drug-likeness (QED) is 0.767. The molecule has 1 aromatic carbocycles. The number of hydrogen-bond acceptors (Lipinski definition) is 6. The molecule has 2 atom stereocenters. The molecule has 1 aromatic heterocycles. The predicted octanol–water partition coefficient (Wildman–Crippen LogP) is 1.61. The van der Waals surface area contributed by atoms with Gasteiger partial charge in [-0.3, -0.25) is 0 Å². The van der Waals surface area contributed by atoms with Gasteiger partial charge in [-0.2, -0.15) is 4.98 Å². The molecule has 6 nitrogen and oxygen atoms in total. The van der Waals surface area contributed by atoms with Crippen molar-refractivity contribution in [1.82, 2.24) is 9.97 Å². The SMILES string of the molecule is Cc1nc(N)nc(N2CC[C@H](O)[C@@](CO)(Cc3ccc(F)cc3)C2)c1C. The Labute approximate surface area is 152 Å². The highest BCUT2D eigenvalue weighted by Gasteiger charge is 2.43. The standard InChI is InChI=1S/C19H25FN4O2/c1-12-13(2)22-18(21)23-17(12)24-8-7-16(26)19(10-24,11-25)9-14-3-5-15(20)6-4-14/h3-6,16,25-26H,7-11H2,1-2H3,(H2,21,22,23)/t16-,19-/m0/s1. The van der Waals surface area contributed by atoms with E-state index in [1.165, 1.54) is 12.1 Å². The van der Waals surface area contributed by atoms with Crippen LogP contribution in [0.25, 0.3) is 0 Å². The van der Waals surface area contributed by atoms with Crippen molar-refractivity contribution < 1.29 is 14.6 Å². The van der Waals surface area contributed by atoms with Gasteiger partial charge in [0.1, 0.15) is 11.6 Å². The van der Waals surface area contributed by atoms with Gasteiger partial charge >= 0.3 is 0 Å². The summed E-state index contributed by atoms with van der Waals surface area (Å²) >= 11 is 0. The van der Waals surface area contributed by atoms with E-state index in [1.807, 2.05) is 18.7 Å². The zero-order valence-corrected chi connectivity index (χ0v) is 15.1. The third kappa shape index (κ3) is 3.50. The molecule has 4 N–H and O–H groups in total. The van der Waals surface area contributed by atoms with Crippen molar-refractivity contribution in [2.75, 3.05) is 30.3 Å². The van der Waals surface area contributed by atoms with Gasteiger partial charge < -0.3 is 20.8 Å². The number of anilines is 2. The molecule has 140 valence electrons. The maximum absolute atomic E-state index is 13.2. The van der Waals surface area contributed by atoms with Gasteiger partial charge in [-0.05, 0) is 44.4 Å². The van der Waals surface area contributed by atoms with Gasteiger partial charge in [-0.15, -0.1) is 0 Å². The molecule has 0 amide bonds. The van der Waals surface area contributed by atoms with Gasteiger partial charge in [0.15, 0.2) is 0 Å². The van der Waals surface area contributed by atoms with E-state index in [9.17, 15) is 14.6 Å². The van der Waals surface area contributed by atoms with Crippen LogP contribution >= 0.6 is 0 Å². The lowest BCUT2D eigenvalue weighted by Crippen LogP contribution is -2.55. The summed E-state index contributed by atoms with van der Waals surface area (Å²) in [7, 11) is 0. The molecule has 7 heteroatoms. The number of benzene rings is 1. The molecule has 0 bridgehead atoms. The second-order valence-electron chi connectivity index (χ2n) is 7.17. The van der Waals surface area contributed by atoms with Crippen molar-refractivity contribution in [1.29, 1.82) is 0 Å². The van der Waals surface area contributed by atoms with Crippen LogP contribution < -0.4 is 10.6 Å². The number of aliphatic hydroxyl groups excluding tert-OH is 2. The molecule has 3 rings (SSSR count). The van der Waals surface area contributed by atoms with Crippen LogP contribution in [0.2, 0.25) is 0 Å². The third-order valence-electron chi connectivity index (χ3n) is 5.35. The highest BCUT2D eigenvalue weighted by atomic mass is 19.1. The molecule has 0 radical (unpaired) electrons. The van der Waals surface area contributed by atoms with Crippen LogP contribution in [0.3, 0.4) is 0 Å². The smallest absolute Gasteiger partial charge is 0.222 e. The number of aromatic nitrogens is 2. The number of halogens is 1. The summed E-state index contributed by atoms with van der Waals surface area (Å²) in [5, 5.41) is 20.8. The van der Waals surface area contributed by atoms with Crippen LogP contribution in [-0.2, 0) is 6.42 Å². The van der Waals surface area contributed by atoms with Crippen LogP contribution in [0.4, 0.5) is 16.2 Å². The van der Waals surface area contributed by atoms with E-state index in [2.05, 4.69) is 9.97 Å². The number of nitrogens with two attached hydrogens (primary N) is 1. The van der Waals surface area contributed by atoms with Gasteiger partial charge in [0.25, 0.3) is 0 Å².